The van der Waals surface area contributed by atoms with Crippen LogP contribution in [0.3, 0.4) is 0 Å². The van der Waals surface area contributed by atoms with E-state index in [9.17, 15) is 20.4 Å². The van der Waals surface area contributed by atoms with Crippen molar-refractivity contribution in [1.29, 1.82) is 0 Å². The fourth-order valence-corrected chi connectivity index (χ4v) is 6.85. The highest BCUT2D eigenvalue weighted by Crippen LogP contribution is 2.60. The van der Waals surface area contributed by atoms with Crippen molar-refractivity contribution in [2.24, 2.45) is 23.2 Å². The van der Waals surface area contributed by atoms with Crippen molar-refractivity contribution in [2.45, 2.75) is 122 Å². The molecule has 3 rings (SSSR count). The summed E-state index contributed by atoms with van der Waals surface area (Å²) >= 11 is 0. The first-order valence-corrected chi connectivity index (χ1v) is 12.5. The summed E-state index contributed by atoms with van der Waals surface area (Å²) in [6.07, 6.45) is 12.8. The molecule has 3 aliphatic carbocycles. The maximum atomic E-state index is 10.2. The fourth-order valence-electron chi connectivity index (χ4n) is 6.85. The van der Waals surface area contributed by atoms with Crippen LogP contribution in [0.2, 0.25) is 0 Å². The number of aliphatic hydroxyl groups excluding tert-OH is 2. The minimum Gasteiger partial charge on any atom is -0.390 e. The fraction of sp³-hybridized carbons (Fsp3) is 0.852. The molecule has 0 saturated heterocycles. The minimum atomic E-state index is -1.42. The molecule has 0 amide bonds. The summed E-state index contributed by atoms with van der Waals surface area (Å²) in [5.74, 6) is 2.05. The van der Waals surface area contributed by atoms with Crippen LogP contribution in [0.1, 0.15) is 98.8 Å². The molecule has 31 heavy (non-hydrogen) atoms. The van der Waals surface area contributed by atoms with Gasteiger partial charge in [-0.25, -0.2) is 0 Å². The van der Waals surface area contributed by atoms with Gasteiger partial charge >= 0.3 is 0 Å². The second kappa shape index (κ2) is 9.29. The molecule has 3 aliphatic rings. The molecule has 0 bridgehead atoms. The third-order valence-corrected chi connectivity index (χ3v) is 8.97. The number of aliphatic hydroxyl groups is 4. The summed E-state index contributed by atoms with van der Waals surface area (Å²) in [6, 6.07) is 0. The minimum absolute atomic E-state index is 0.353. The van der Waals surface area contributed by atoms with Crippen molar-refractivity contribution in [2.75, 3.05) is 0 Å². The van der Waals surface area contributed by atoms with Crippen molar-refractivity contribution in [3.05, 3.63) is 23.3 Å². The first-order chi connectivity index (χ1) is 14.3. The lowest BCUT2D eigenvalue weighted by atomic mass is 9.60. The van der Waals surface area contributed by atoms with Gasteiger partial charge in [0.05, 0.1) is 17.8 Å². The second-order valence-corrected chi connectivity index (χ2v) is 12.0. The van der Waals surface area contributed by atoms with Gasteiger partial charge in [0.2, 0.25) is 0 Å². The molecule has 4 heteroatoms. The molecule has 0 aromatic heterocycles. The van der Waals surface area contributed by atoms with Crippen molar-refractivity contribution < 1.29 is 20.4 Å². The summed E-state index contributed by atoms with van der Waals surface area (Å²) in [5, 5.41) is 40.7. The van der Waals surface area contributed by atoms with Crippen LogP contribution in [0, 0.1) is 23.2 Å². The number of allylic oxidation sites excluding steroid dienone is 3. The van der Waals surface area contributed by atoms with E-state index in [-0.39, 0.29) is 0 Å². The lowest BCUT2D eigenvalue weighted by Gasteiger charge is -2.44. The zero-order valence-corrected chi connectivity index (χ0v) is 20.4. The Hall–Kier alpha value is -0.680. The van der Waals surface area contributed by atoms with Crippen LogP contribution in [0.15, 0.2) is 23.3 Å². The third kappa shape index (κ3) is 5.46. The summed E-state index contributed by atoms with van der Waals surface area (Å²) in [4.78, 5) is 0. The van der Waals surface area contributed by atoms with Gasteiger partial charge < -0.3 is 20.4 Å². The van der Waals surface area contributed by atoms with Gasteiger partial charge in [-0.15, -0.1) is 0 Å². The smallest absolute Gasteiger partial charge is 0.114 e. The van der Waals surface area contributed by atoms with E-state index in [2.05, 4.69) is 26.0 Å². The third-order valence-electron chi connectivity index (χ3n) is 8.97. The van der Waals surface area contributed by atoms with E-state index in [1.165, 1.54) is 44.6 Å². The molecule has 4 N–H and O–H groups in total. The lowest BCUT2D eigenvalue weighted by molar-refractivity contribution is -0.144. The second-order valence-electron chi connectivity index (χ2n) is 12.0. The highest BCUT2D eigenvalue weighted by atomic mass is 16.4. The van der Waals surface area contributed by atoms with Gasteiger partial charge in [-0.2, -0.15) is 0 Å². The van der Waals surface area contributed by atoms with Gasteiger partial charge in [-0.05, 0) is 95.3 Å². The maximum absolute atomic E-state index is 10.2. The monoisotopic (exact) mass is 434 g/mol. The Morgan fingerprint density at radius 3 is 2.35 bits per heavy atom. The van der Waals surface area contributed by atoms with Gasteiger partial charge in [0.25, 0.3) is 0 Å². The van der Waals surface area contributed by atoms with E-state index in [4.69, 9.17) is 0 Å². The molecule has 0 aromatic carbocycles. The molecule has 0 heterocycles. The number of rotatable bonds is 6. The van der Waals surface area contributed by atoms with Crippen LogP contribution in [0.25, 0.3) is 0 Å². The maximum Gasteiger partial charge on any atom is 0.114 e. The lowest BCUT2D eigenvalue weighted by Crippen LogP contribution is -2.52. The molecule has 3 fully saturated rings. The Balaban J connectivity index is 1.68. The molecule has 178 valence electrons. The topological polar surface area (TPSA) is 80.9 Å². The molecular weight excluding hydrogens is 388 g/mol. The molecule has 0 aliphatic heterocycles. The predicted octanol–water partition coefficient (Wildman–Crippen LogP) is 4.90. The number of hydrogen-bond donors (Lipinski definition) is 4. The number of fused-ring (bicyclic) bond motifs is 1. The number of hydrogen-bond acceptors (Lipinski definition) is 4. The van der Waals surface area contributed by atoms with Gasteiger partial charge in [0, 0.05) is 0 Å². The molecular formula is C27H46O4. The SMILES string of the molecule is C[C@@H](CCCC(C)(C)O)C1CCC2/C(=C/C=C3C[C@@H](O)C(C)(O)[C@H](O)C3)CCC[C@@]21C. The first kappa shape index (κ1) is 25.0. The summed E-state index contributed by atoms with van der Waals surface area (Å²) in [7, 11) is 0. The Morgan fingerprint density at radius 1 is 1.10 bits per heavy atom. The van der Waals surface area contributed by atoms with Gasteiger partial charge in [0.1, 0.15) is 5.60 Å². The van der Waals surface area contributed by atoms with Crippen LogP contribution in [-0.2, 0) is 0 Å². The molecule has 0 radical (unpaired) electrons. The van der Waals surface area contributed by atoms with Crippen molar-refractivity contribution >= 4 is 0 Å². The Bertz CT molecular complexity index is 670. The van der Waals surface area contributed by atoms with Gasteiger partial charge in [-0.1, -0.05) is 50.0 Å². The van der Waals surface area contributed by atoms with Crippen LogP contribution in [0.4, 0.5) is 0 Å². The Morgan fingerprint density at radius 2 is 1.74 bits per heavy atom. The van der Waals surface area contributed by atoms with Crippen molar-refractivity contribution in [3.63, 3.8) is 0 Å². The van der Waals surface area contributed by atoms with E-state index in [1.807, 2.05) is 13.8 Å². The molecule has 6 atom stereocenters. The molecule has 3 saturated carbocycles. The zero-order chi connectivity index (χ0) is 23.0. The van der Waals surface area contributed by atoms with Crippen LogP contribution < -0.4 is 0 Å². The molecule has 4 nitrogen and oxygen atoms in total. The Labute approximate surface area is 189 Å². The van der Waals surface area contributed by atoms with Crippen LogP contribution in [0.5, 0.6) is 0 Å². The molecule has 2 unspecified atom stereocenters. The Kier molecular flexibility index (Phi) is 7.48. The van der Waals surface area contributed by atoms with Crippen LogP contribution >= 0.6 is 0 Å². The molecule has 0 spiro atoms. The predicted molar refractivity (Wildman–Crippen MR) is 126 cm³/mol. The summed E-state index contributed by atoms with van der Waals surface area (Å²) in [5.41, 5.74) is 0.929. The zero-order valence-electron chi connectivity index (χ0n) is 20.4. The summed E-state index contributed by atoms with van der Waals surface area (Å²) < 4.78 is 0. The van der Waals surface area contributed by atoms with E-state index >= 15 is 0 Å². The average molecular weight is 435 g/mol. The van der Waals surface area contributed by atoms with Crippen molar-refractivity contribution in [3.8, 4) is 0 Å². The molecule has 0 aromatic rings. The normalized spacial score (nSPS) is 41.3. The average Bonchev–Trinajstić information content (AvgIpc) is 3.01. The highest BCUT2D eigenvalue weighted by molar-refractivity contribution is 5.27. The quantitative estimate of drug-likeness (QED) is 0.479. The highest BCUT2D eigenvalue weighted by Gasteiger charge is 2.50. The van der Waals surface area contributed by atoms with Crippen molar-refractivity contribution in [1.82, 2.24) is 0 Å². The van der Waals surface area contributed by atoms with E-state index in [0.29, 0.717) is 30.1 Å². The van der Waals surface area contributed by atoms with E-state index in [1.54, 1.807) is 0 Å². The largest absolute Gasteiger partial charge is 0.390 e. The van der Waals surface area contributed by atoms with E-state index < -0.39 is 23.4 Å². The van der Waals surface area contributed by atoms with E-state index in [0.717, 1.165) is 30.8 Å². The van der Waals surface area contributed by atoms with Gasteiger partial charge in [-0.3, -0.25) is 0 Å². The standard InChI is InChI=1S/C27H46O4/c1-18(8-6-14-25(2,3)30)21-12-13-22-20(9-7-15-26(21,22)4)11-10-19-16-23(28)27(5,31)24(29)17-19/h10-11,18,21-24,28-31H,6-9,12-17H2,1-5H3/b19-10?,20-11+/t18-,21?,22?,23+,24+,26+,27?/m0/s1. The van der Waals surface area contributed by atoms with Crippen LogP contribution in [-0.4, -0.2) is 43.8 Å². The first-order valence-electron chi connectivity index (χ1n) is 12.5. The summed E-state index contributed by atoms with van der Waals surface area (Å²) in [6.45, 7) is 10.3. The van der Waals surface area contributed by atoms with Gasteiger partial charge in [0.15, 0.2) is 0 Å².